The molecule has 2 N–H and O–H groups in total. The molecule has 1 saturated heterocycles. The van der Waals surface area contributed by atoms with Gasteiger partial charge in [0.25, 0.3) is 5.91 Å². The predicted octanol–water partition coefficient (Wildman–Crippen LogP) is 1.60. The average molecular weight is 369 g/mol. The highest BCUT2D eigenvalue weighted by atomic mass is 16.2. The summed E-state index contributed by atoms with van der Waals surface area (Å²) in [5.41, 5.74) is 0.965. The molecular formula is C19H23N5O3. The van der Waals surface area contributed by atoms with Crippen molar-refractivity contribution < 1.29 is 14.4 Å². The van der Waals surface area contributed by atoms with Gasteiger partial charge in [-0.1, -0.05) is 18.2 Å². The molecule has 1 aromatic carbocycles. The standard InChI is InChI=1S/C19H23N5O3/c1-19(2)17(26)23(18(27)22-19)10-6-9-16(25)20-11-14-12-21-24(13-14)15-7-4-3-5-8-15/h3-5,7-8,12-13H,6,9-11H2,1-2H3,(H,20,25)(H,22,27). The van der Waals surface area contributed by atoms with E-state index in [1.807, 2.05) is 36.5 Å². The second-order valence-corrected chi connectivity index (χ2v) is 7.02. The van der Waals surface area contributed by atoms with E-state index in [1.165, 1.54) is 0 Å². The number of hydrogen-bond acceptors (Lipinski definition) is 4. The molecule has 1 aromatic heterocycles. The van der Waals surface area contributed by atoms with Crippen molar-refractivity contribution >= 4 is 17.8 Å². The third-order valence-electron chi connectivity index (χ3n) is 4.38. The lowest BCUT2D eigenvalue weighted by atomic mass is 10.1. The van der Waals surface area contributed by atoms with Crippen molar-refractivity contribution in [3.8, 4) is 5.69 Å². The summed E-state index contributed by atoms with van der Waals surface area (Å²) in [6.45, 7) is 3.93. The number of carbonyl (C=O) groups excluding carboxylic acids is 3. The lowest BCUT2D eigenvalue weighted by Crippen LogP contribution is -2.40. The number of carbonyl (C=O) groups is 3. The van der Waals surface area contributed by atoms with Crippen LogP contribution in [0, 0.1) is 0 Å². The highest BCUT2D eigenvalue weighted by Gasteiger charge is 2.43. The van der Waals surface area contributed by atoms with Crippen LogP contribution < -0.4 is 10.6 Å². The molecule has 0 spiro atoms. The summed E-state index contributed by atoms with van der Waals surface area (Å²) in [4.78, 5) is 37.0. The van der Waals surface area contributed by atoms with Crippen LogP contribution in [0.2, 0.25) is 0 Å². The van der Waals surface area contributed by atoms with E-state index in [4.69, 9.17) is 0 Å². The molecule has 2 aromatic rings. The molecule has 0 saturated carbocycles. The van der Waals surface area contributed by atoms with Gasteiger partial charge in [0.05, 0.1) is 11.9 Å². The smallest absolute Gasteiger partial charge is 0.325 e. The molecule has 2 heterocycles. The third kappa shape index (κ3) is 4.33. The number of aromatic nitrogens is 2. The summed E-state index contributed by atoms with van der Waals surface area (Å²) in [6.07, 6.45) is 4.24. The minimum absolute atomic E-state index is 0.131. The van der Waals surface area contributed by atoms with Crippen molar-refractivity contribution in [3.05, 3.63) is 48.3 Å². The first-order chi connectivity index (χ1) is 12.9. The average Bonchev–Trinajstić information content (AvgIpc) is 3.19. The van der Waals surface area contributed by atoms with E-state index in [0.717, 1.165) is 16.2 Å². The number of imide groups is 1. The van der Waals surface area contributed by atoms with Gasteiger partial charge in [-0.15, -0.1) is 0 Å². The summed E-state index contributed by atoms with van der Waals surface area (Å²) in [5.74, 6) is -0.394. The molecule has 27 heavy (non-hydrogen) atoms. The number of para-hydroxylation sites is 1. The molecule has 3 rings (SSSR count). The molecule has 1 fully saturated rings. The van der Waals surface area contributed by atoms with Crippen molar-refractivity contribution in [2.24, 2.45) is 0 Å². The quantitative estimate of drug-likeness (QED) is 0.725. The first kappa shape index (κ1) is 18.6. The van der Waals surface area contributed by atoms with Crippen LogP contribution in [-0.4, -0.2) is 44.6 Å². The van der Waals surface area contributed by atoms with Gasteiger partial charge in [-0.3, -0.25) is 14.5 Å². The molecule has 0 unspecified atom stereocenters. The summed E-state index contributed by atoms with van der Waals surface area (Å²) in [7, 11) is 0. The fourth-order valence-corrected chi connectivity index (χ4v) is 2.88. The Kier molecular flexibility index (Phi) is 5.25. The van der Waals surface area contributed by atoms with Gasteiger partial charge < -0.3 is 10.6 Å². The van der Waals surface area contributed by atoms with Crippen molar-refractivity contribution in [2.45, 2.75) is 38.8 Å². The Morgan fingerprint density at radius 1 is 1.22 bits per heavy atom. The normalized spacial score (nSPS) is 15.7. The lowest BCUT2D eigenvalue weighted by molar-refractivity contribution is -0.130. The van der Waals surface area contributed by atoms with Gasteiger partial charge >= 0.3 is 6.03 Å². The summed E-state index contributed by atoms with van der Waals surface area (Å²) < 4.78 is 1.75. The van der Waals surface area contributed by atoms with Crippen LogP contribution in [0.4, 0.5) is 4.79 Å². The Labute approximate surface area is 157 Å². The Balaban J connectivity index is 1.42. The van der Waals surface area contributed by atoms with Crippen LogP contribution >= 0.6 is 0 Å². The van der Waals surface area contributed by atoms with E-state index >= 15 is 0 Å². The molecule has 0 bridgehead atoms. The van der Waals surface area contributed by atoms with Gasteiger partial charge in [0.15, 0.2) is 0 Å². The Morgan fingerprint density at radius 3 is 2.63 bits per heavy atom. The fourth-order valence-electron chi connectivity index (χ4n) is 2.88. The number of nitrogens with one attached hydrogen (secondary N) is 2. The molecule has 1 aliphatic rings. The Morgan fingerprint density at radius 2 is 1.96 bits per heavy atom. The number of urea groups is 1. The molecule has 8 heteroatoms. The number of hydrogen-bond donors (Lipinski definition) is 2. The molecule has 4 amide bonds. The van der Waals surface area contributed by atoms with Crippen LogP contribution in [0.25, 0.3) is 5.69 Å². The maximum atomic E-state index is 12.1. The molecule has 142 valence electrons. The Hall–Kier alpha value is -3.16. The summed E-state index contributed by atoms with van der Waals surface area (Å²) >= 11 is 0. The van der Waals surface area contributed by atoms with Crippen LogP contribution in [0.3, 0.4) is 0 Å². The lowest BCUT2D eigenvalue weighted by Gasteiger charge is -2.15. The van der Waals surface area contributed by atoms with Crippen molar-refractivity contribution in [1.82, 2.24) is 25.3 Å². The van der Waals surface area contributed by atoms with Crippen molar-refractivity contribution in [2.75, 3.05) is 6.54 Å². The van der Waals surface area contributed by atoms with Crippen LogP contribution in [-0.2, 0) is 16.1 Å². The number of nitrogens with zero attached hydrogens (tertiary/aromatic N) is 3. The Bertz CT molecular complexity index is 844. The second-order valence-electron chi connectivity index (χ2n) is 7.02. The second kappa shape index (κ2) is 7.61. The van der Waals surface area contributed by atoms with Crippen LogP contribution in [0.15, 0.2) is 42.7 Å². The van der Waals surface area contributed by atoms with Gasteiger partial charge in [0, 0.05) is 31.3 Å². The maximum Gasteiger partial charge on any atom is 0.325 e. The minimum Gasteiger partial charge on any atom is -0.352 e. The van der Waals surface area contributed by atoms with E-state index in [1.54, 1.807) is 24.7 Å². The summed E-state index contributed by atoms with van der Waals surface area (Å²) in [6, 6.07) is 9.31. The monoisotopic (exact) mass is 369 g/mol. The van der Waals surface area contributed by atoms with E-state index in [9.17, 15) is 14.4 Å². The van der Waals surface area contributed by atoms with E-state index < -0.39 is 11.6 Å². The molecule has 0 atom stereocenters. The summed E-state index contributed by atoms with van der Waals surface area (Å²) in [5, 5.41) is 9.74. The number of rotatable bonds is 7. The SMILES string of the molecule is CC1(C)NC(=O)N(CCCC(=O)NCc2cnn(-c3ccccc3)c2)C1=O. The van der Waals surface area contributed by atoms with Gasteiger partial charge in [-0.05, 0) is 32.4 Å². The van der Waals surface area contributed by atoms with Gasteiger partial charge in [-0.2, -0.15) is 5.10 Å². The predicted molar refractivity (Wildman–Crippen MR) is 99.0 cm³/mol. The molecule has 0 radical (unpaired) electrons. The van der Waals surface area contributed by atoms with E-state index in [2.05, 4.69) is 15.7 Å². The largest absolute Gasteiger partial charge is 0.352 e. The third-order valence-corrected chi connectivity index (χ3v) is 4.38. The zero-order chi connectivity index (χ0) is 19.4. The molecular weight excluding hydrogens is 346 g/mol. The van der Waals surface area contributed by atoms with E-state index in [-0.39, 0.29) is 24.8 Å². The first-order valence-electron chi connectivity index (χ1n) is 8.86. The highest BCUT2D eigenvalue weighted by molar-refractivity contribution is 6.06. The topological polar surface area (TPSA) is 96.3 Å². The van der Waals surface area contributed by atoms with Crippen molar-refractivity contribution in [3.63, 3.8) is 0 Å². The van der Waals surface area contributed by atoms with E-state index in [0.29, 0.717) is 13.0 Å². The molecule has 0 aliphatic carbocycles. The van der Waals surface area contributed by atoms with Gasteiger partial charge in [0.1, 0.15) is 5.54 Å². The van der Waals surface area contributed by atoms with Gasteiger partial charge in [0.2, 0.25) is 5.91 Å². The fraction of sp³-hybridized carbons (Fsp3) is 0.368. The molecule has 1 aliphatic heterocycles. The zero-order valence-electron chi connectivity index (χ0n) is 15.4. The van der Waals surface area contributed by atoms with Crippen LogP contribution in [0.5, 0.6) is 0 Å². The first-order valence-corrected chi connectivity index (χ1v) is 8.86. The highest BCUT2D eigenvalue weighted by Crippen LogP contribution is 2.17. The maximum absolute atomic E-state index is 12.1. The molecule has 8 nitrogen and oxygen atoms in total. The minimum atomic E-state index is -0.877. The number of amides is 4. The number of benzene rings is 1. The van der Waals surface area contributed by atoms with Crippen LogP contribution in [0.1, 0.15) is 32.3 Å². The van der Waals surface area contributed by atoms with Gasteiger partial charge in [-0.25, -0.2) is 9.48 Å². The zero-order valence-corrected chi connectivity index (χ0v) is 15.4. The van der Waals surface area contributed by atoms with Crippen molar-refractivity contribution in [1.29, 1.82) is 0 Å².